The third kappa shape index (κ3) is 5.58. The molecule has 28 heavy (non-hydrogen) atoms. The van der Waals surface area contributed by atoms with E-state index >= 15 is 0 Å². The van der Waals surface area contributed by atoms with E-state index in [0.29, 0.717) is 0 Å². The van der Waals surface area contributed by atoms with E-state index in [9.17, 15) is 4.79 Å². The molecular weight excluding hydrogens is 362 g/mol. The number of hydrogen-bond donors (Lipinski definition) is 1. The summed E-state index contributed by atoms with van der Waals surface area (Å²) in [6.45, 7) is 16.9. The molecule has 0 fully saturated rings. The molecule has 0 unspecified atom stereocenters. The maximum absolute atomic E-state index is 12.5. The molecule has 0 aromatic heterocycles. The lowest BCUT2D eigenvalue weighted by molar-refractivity contribution is 0.0492. The Bertz CT molecular complexity index is 794. The van der Waals surface area contributed by atoms with Crippen molar-refractivity contribution in [2.45, 2.75) is 52.4 Å². The van der Waals surface area contributed by atoms with Crippen molar-refractivity contribution in [2.24, 2.45) is 5.92 Å². The summed E-state index contributed by atoms with van der Waals surface area (Å²) in [5, 5.41) is 5.64. The van der Waals surface area contributed by atoms with Gasteiger partial charge in [-0.15, -0.1) is 6.58 Å². The van der Waals surface area contributed by atoms with Crippen LogP contribution in [0.3, 0.4) is 0 Å². The average molecular weight is 396 g/mol. The Labute approximate surface area is 170 Å². The number of ether oxygens (including phenoxy) is 1. The molecule has 0 spiro atoms. The molecule has 150 valence electrons. The summed E-state index contributed by atoms with van der Waals surface area (Å²) in [5.74, 6) is 0.0665. The van der Waals surface area contributed by atoms with E-state index in [4.69, 9.17) is 4.74 Å². The monoisotopic (exact) mass is 395 g/mol. The molecule has 1 N–H and O–H groups in total. The quantitative estimate of drug-likeness (QED) is 0.647. The van der Waals surface area contributed by atoms with Crippen LogP contribution in [-0.4, -0.2) is 19.8 Å². The smallest absolute Gasteiger partial charge is 0.408 e. The third-order valence-corrected chi connectivity index (χ3v) is 9.02. The molecular formula is C24H33NO2Si. The van der Waals surface area contributed by atoms with Gasteiger partial charge in [-0.25, -0.2) is 4.79 Å². The van der Waals surface area contributed by atoms with Crippen molar-refractivity contribution in [3.63, 3.8) is 0 Å². The van der Waals surface area contributed by atoms with Crippen molar-refractivity contribution >= 4 is 19.4 Å². The summed E-state index contributed by atoms with van der Waals surface area (Å²) in [6, 6.07) is 20.4. The highest BCUT2D eigenvalue weighted by Gasteiger charge is 2.35. The van der Waals surface area contributed by atoms with Crippen molar-refractivity contribution in [1.29, 1.82) is 0 Å². The predicted molar refractivity (Wildman–Crippen MR) is 120 cm³/mol. The molecule has 1 amide bonds. The predicted octanol–water partition coefficient (Wildman–Crippen LogP) is 5.60. The van der Waals surface area contributed by atoms with Crippen LogP contribution in [0.1, 0.15) is 39.3 Å². The number of amides is 1. The molecule has 2 aromatic carbocycles. The Morgan fingerprint density at radius 2 is 1.50 bits per heavy atom. The van der Waals surface area contributed by atoms with Gasteiger partial charge >= 0.3 is 6.09 Å². The first-order valence-electron chi connectivity index (χ1n) is 9.81. The Hall–Kier alpha value is -2.33. The highest BCUT2D eigenvalue weighted by Crippen LogP contribution is 2.32. The van der Waals surface area contributed by atoms with Gasteiger partial charge in [0.1, 0.15) is 13.7 Å². The zero-order valence-corrected chi connectivity index (χ0v) is 19.0. The second-order valence-corrected chi connectivity index (χ2v) is 13.3. The van der Waals surface area contributed by atoms with Gasteiger partial charge in [-0.1, -0.05) is 91.1 Å². The number of nitrogens with one attached hydrogen (secondary N) is 1. The van der Waals surface area contributed by atoms with Gasteiger partial charge in [-0.3, -0.25) is 0 Å². The maximum Gasteiger partial charge on any atom is 0.408 e. The molecule has 2 atom stereocenters. The molecule has 4 heteroatoms. The Morgan fingerprint density at radius 3 is 2.00 bits per heavy atom. The second kappa shape index (κ2) is 8.78. The zero-order valence-electron chi connectivity index (χ0n) is 18.0. The lowest BCUT2D eigenvalue weighted by atomic mass is 9.94. The molecule has 0 bridgehead atoms. The average Bonchev–Trinajstić information content (AvgIpc) is 2.65. The van der Waals surface area contributed by atoms with Crippen LogP contribution >= 0.6 is 0 Å². The van der Waals surface area contributed by atoms with Gasteiger partial charge in [-0.2, -0.15) is 0 Å². The largest absolute Gasteiger partial charge is 0.444 e. The normalized spacial score (nSPS) is 14.1. The fraction of sp³-hybridized carbons (Fsp3) is 0.375. The molecule has 0 aliphatic heterocycles. The lowest BCUT2D eigenvalue weighted by Crippen LogP contribution is -2.48. The third-order valence-electron chi connectivity index (χ3n) is 5.18. The molecule has 2 aromatic rings. The fourth-order valence-electron chi connectivity index (χ4n) is 3.40. The van der Waals surface area contributed by atoms with Crippen LogP contribution < -0.4 is 10.5 Å². The first-order valence-corrected chi connectivity index (χ1v) is 12.8. The summed E-state index contributed by atoms with van der Waals surface area (Å²) in [5.41, 5.74) is 0.517. The minimum Gasteiger partial charge on any atom is -0.444 e. The molecule has 0 aliphatic carbocycles. The van der Waals surface area contributed by atoms with Crippen molar-refractivity contribution in [3.05, 3.63) is 78.0 Å². The van der Waals surface area contributed by atoms with Crippen LogP contribution in [-0.2, 0) is 4.74 Å². The number of rotatable bonds is 6. The van der Waals surface area contributed by atoms with Gasteiger partial charge in [0.25, 0.3) is 0 Å². The summed E-state index contributed by atoms with van der Waals surface area (Å²) in [4.78, 5) is 12.5. The summed E-state index contributed by atoms with van der Waals surface area (Å²) in [7, 11) is -1.93. The zero-order chi connectivity index (χ0) is 20.9. The van der Waals surface area contributed by atoms with Crippen molar-refractivity contribution in [3.8, 4) is 0 Å². The fourth-order valence-corrected chi connectivity index (χ4v) is 6.10. The number of alkyl carbamates (subject to hydrolysis) is 1. The lowest BCUT2D eigenvalue weighted by Gasteiger charge is -2.35. The molecule has 0 heterocycles. The van der Waals surface area contributed by atoms with E-state index in [0.717, 1.165) is 5.56 Å². The van der Waals surface area contributed by atoms with Crippen LogP contribution in [0.5, 0.6) is 0 Å². The summed E-state index contributed by atoms with van der Waals surface area (Å²) >= 11 is 0. The second-order valence-electron chi connectivity index (χ2n) is 8.84. The highest BCUT2D eigenvalue weighted by molar-refractivity contribution is 6.95. The van der Waals surface area contributed by atoms with E-state index in [2.05, 4.69) is 56.2 Å². The van der Waals surface area contributed by atoms with Crippen LogP contribution in [0.2, 0.25) is 13.1 Å². The highest BCUT2D eigenvalue weighted by atomic mass is 28.3. The Morgan fingerprint density at radius 1 is 1.00 bits per heavy atom. The van der Waals surface area contributed by atoms with E-state index in [1.807, 2.05) is 57.2 Å². The number of carbonyl (C=O) groups excluding carboxylic acids is 1. The van der Waals surface area contributed by atoms with Gasteiger partial charge in [0.15, 0.2) is 0 Å². The molecule has 3 nitrogen and oxygen atoms in total. The number of carbonyl (C=O) groups is 1. The Kier molecular flexibility index (Phi) is 6.89. The van der Waals surface area contributed by atoms with Crippen molar-refractivity contribution < 1.29 is 9.53 Å². The van der Waals surface area contributed by atoms with Gasteiger partial charge in [0.2, 0.25) is 0 Å². The van der Waals surface area contributed by atoms with E-state index in [1.165, 1.54) is 10.4 Å². The Balaban J connectivity index is 2.32. The van der Waals surface area contributed by atoms with Gasteiger partial charge < -0.3 is 10.1 Å². The SMILES string of the molecule is C=C([C@@H](C)[C@@H](NC(=O)OC(C)(C)C)c1ccccc1)[Si](C)(C)c1ccccc1. The molecule has 0 saturated carbocycles. The molecule has 2 rings (SSSR count). The van der Waals surface area contributed by atoms with Crippen LogP contribution in [0.15, 0.2) is 72.4 Å². The standard InChI is InChI=1S/C24H33NO2Si/c1-18(19(2)28(6,7)21-16-12-9-13-17-21)22(20-14-10-8-11-15-20)25-23(26)27-24(3,4)5/h8-18,22H,2H2,1,3-7H3,(H,25,26)/t18-,22-/m1/s1. The first-order chi connectivity index (χ1) is 13.0. The minimum absolute atomic E-state index is 0.0665. The van der Waals surface area contributed by atoms with Gasteiger partial charge in [0.05, 0.1) is 6.04 Å². The maximum atomic E-state index is 12.5. The van der Waals surface area contributed by atoms with Gasteiger partial charge in [0, 0.05) is 0 Å². The van der Waals surface area contributed by atoms with Gasteiger partial charge in [-0.05, 0) is 32.3 Å². The van der Waals surface area contributed by atoms with E-state index in [-0.39, 0.29) is 12.0 Å². The van der Waals surface area contributed by atoms with Crippen LogP contribution in [0.25, 0.3) is 0 Å². The van der Waals surface area contributed by atoms with E-state index < -0.39 is 19.8 Å². The molecule has 0 saturated heterocycles. The number of hydrogen-bond acceptors (Lipinski definition) is 2. The minimum atomic E-state index is -1.93. The molecule has 0 aliphatic rings. The van der Waals surface area contributed by atoms with E-state index in [1.54, 1.807) is 0 Å². The summed E-state index contributed by atoms with van der Waals surface area (Å²) in [6.07, 6.45) is -0.403. The first kappa shape index (κ1) is 22.0. The number of benzene rings is 2. The topological polar surface area (TPSA) is 38.3 Å². The van der Waals surface area contributed by atoms with Crippen molar-refractivity contribution in [1.82, 2.24) is 5.32 Å². The van der Waals surface area contributed by atoms with Crippen LogP contribution in [0, 0.1) is 5.92 Å². The molecule has 0 radical (unpaired) electrons. The van der Waals surface area contributed by atoms with Crippen molar-refractivity contribution in [2.75, 3.05) is 0 Å². The van der Waals surface area contributed by atoms with Crippen LogP contribution in [0.4, 0.5) is 4.79 Å². The summed E-state index contributed by atoms with van der Waals surface area (Å²) < 4.78 is 5.52.